The molecule has 5 aromatic rings. The number of fused-ring (bicyclic) bond motifs is 5. The minimum absolute atomic E-state index is 0.189. The van der Waals surface area contributed by atoms with Gasteiger partial charge in [-0.25, -0.2) is 4.68 Å². The molecular weight excluding hydrogens is 556 g/mol. The van der Waals surface area contributed by atoms with Crippen molar-refractivity contribution in [2.75, 3.05) is 13.7 Å². The van der Waals surface area contributed by atoms with Crippen molar-refractivity contribution in [1.29, 1.82) is 0 Å². The predicted octanol–water partition coefficient (Wildman–Crippen LogP) is 5.70. The molecule has 2 N–H and O–H groups in total. The maximum absolute atomic E-state index is 13.9. The number of benzene rings is 3. The van der Waals surface area contributed by atoms with Crippen LogP contribution in [0.5, 0.6) is 17.2 Å². The number of aromatic nitrogens is 5. The molecule has 2 aliphatic rings. The van der Waals surface area contributed by atoms with Gasteiger partial charge in [-0.1, -0.05) is 37.5 Å². The second-order valence-electron chi connectivity index (χ2n) is 11.7. The van der Waals surface area contributed by atoms with E-state index in [1.165, 1.54) is 35.9 Å². The van der Waals surface area contributed by atoms with E-state index in [9.17, 15) is 9.90 Å². The van der Waals surface area contributed by atoms with Gasteiger partial charge < -0.3 is 24.5 Å². The Morgan fingerprint density at radius 2 is 1.91 bits per heavy atom. The van der Waals surface area contributed by atoms with Gasteiger partial charge in [-0.05, 0) is 76.7 Å². The highest BCUT2D eigenvalue weighted by Gasteiger charge is 2.30. The van der Waals surface area contributed by atoms with Crippen LogP contribution in [0.3, 0.4) is 0 Å². The lowest BCUT2D eigenvalue weighted by Gasteiger charge is -2.23. The molecule has 0 bridgehead atoms. The Balaban J connectivity index is 1.29. The van der Waals surface area contributed by atoms with Crippen molar-refractivity contribution in [2.45, 2.75) is 57.0 Å². The lowest BCUT2D eigenvalue weighted by atomic mass is 9.81. The zero-order valence-electron chi connectivity index (χ0n) is 25.0. The Kier molecular flexibility index (Phi) is 7.41. The van der Waals surface area contributed by atoms with Crippen LogP contribution in [0.25, 0.3) is 22.2 Å². The summed E-state index contributed by atoms with van der Waals surface area (Å²) in [5.74, 6) is 2.58. The van der Waals surface area contributed by atoms with Crippen LogP contribution in [-0.4, -0.2) is 49.5 Å². The SMILES string of the molecule is COc1ccc2c(c1)OCCn1c-2c(C2CCCCC2)c2ccc(C(=O)N[C@@H](Cc3ccc(O)cc3)c3nnnn3C)cc21. The summed E-state index contributed by atoms with van der Waals surface area (Å²) >= 11 is 0. The molecule has 3 heterocycles. The van der Waals surface area contributed by atoms with Gasteiger partial charge in [0.15, 0.2) is 5.82 Å². The molecule has 0 saturated heterocycles. The van der Waals surface area contributed by atoms with Crippen LogP contribution < -0.4 is 14.8 Å². The average molecular weight is 593 g/mol. The number of hydrogen-bond donors (Lipinski definition) is 2. The molecule has 3 aromatic carbocycles. The number of aryl methyl sites for hydroxylation is 1. The van der Waals surface area contributed by atoms with Gasteiger partial charge in [-0.15, -0.1) is 5.10 Å². The minimum atomic E-state index is -0.472. The van der Waals surface area contributed by atoms with Crippen LogP contribution in [-0.2, 0) is 20.0 Å². The zero-order chi connectivity index (χ0) is 30.2. The summed E-state index contributed by atoms with van der Waals surface area (Å²) in [6, 6.07) is 18.6. The van der Waals surface area contributed by atoms with Crippen LogP contribution in [0.2, 0.25) is 0 Å². The quantitative estimate of drug-likeness (QED) is 0.249. The fourth-order valence-corrected chi connectivity index (χ4v) is 6.88. The van der Waals surface area contributed by atoms with Gasteiger partial charge in [0, 0.05) is 41.6 Å². The molecule has 2 aromatic heterocycles. The topological polar surface area (TPSA) is 116 Å². The molecule has 1 saturated carbocycles. The van der Waals surface area contributed by atoms with E-state index in [2.05, 4.69) is 37.5 Å². The van der Waals surface area contributed by atoms with Gasteiger partial charge in [0.05, 0.1) is 25.4 Å². The van der Waals surface area contributed by atoms with E-state index in [1.54, 1.807) is 31.0 Å². The second-order valence-corrected chi connectivity index (χ2v) is 11.7. The number of nitrogens with one attached hydrogen (secondary N) is 1. The lowest BCUT2D eigenvalue weighted by molar-refractivity contribution is 0.0934. The van der Waals surface area contributed by atoms with Crippen molar-refractivity contribution < 1.29 is 19.4 Å². The molecule has 44 heavy (non-hydrogen) atoms. The number of tetrazole rings is 1. The van der Waals surface area contributed by atoms with Crippen molar-refractivity contribution >= 4 is 16.8 Å². The van der Waals surface area contributed by atoms with E-state index in [4.69, 9.17) is 9.47 Å². The molecule has 1 aliphatic carbocycles. The van der Waals surface area contributed by atoms with Gasteiger partial charge in [0.25, 0.3) is 5.91 Å². The summed E-state index contributed by atoms with van der Waals surface area (Å²) < 4.78 is 15.7. The summed E-state index contributed by atoms with van der Waals surface area (Å²) in [6.45, 7) is 1.19. The largest absolute Gasteiger partial charge is 0.508 e. The standard InChI is InChI=1S/C34H36N6O4/c1-39-33(36-37-38-39)28(18-21-8-11-24(41)12-9-21)35-34(42)23-10-14-26-29(19-23)40-16-17-44-30-20-25(43-2)13-15-27(30)32(40)31(26)22-6-4-3-5-7-22/h8-15,19-20,22,28,41H,3-7,16-18H2,1-2H3,(H,35,42)/t28-/m0/s1. The molecule has 226 valence electrons. The van der Waals surface area contributed by atoms with Crippen LogP contribution >= 0.6 is 0 Å². The number of ether oxygens (including phenoxy) is 2. The number of rotatable bonds is 7. The Morgan fingerprint density at radius 1 is 1.09 bits per heavy atom. The molecule has 0 radical (unpaired) electrons. The summed E-state index contributed by atoms with van der Waals surface area (Å²) in [4.78, 5) is 13.9. The molecule has 10 heteroatoms. The van der Waals surface area contributed by atoms with Crippen molar-refractivity contribution in [3.8, 4) is 28.5 Å². The molecule has 1 aliphatic heterocycles. The van der Waals surface area contributed by atoms with Crippen molar-refractivity contribution in [1.82, 2.24) is 30.1 Å². The fraction of sp³-hybridized carbons (Fsp3) is 0.353. The van der Waals surface area contributed by atoms with Crippen molar-refractivity contribution in [2.24, 2.45) is 7.05 Å². The summed E-state index contributed by atoms with van der Waals surface area (Å²) in [7, 11) is 3.43. The average Bonchev–Trinajstić information content (AvgIpc) is 3.56. The van der Waals surface area contributed by atoms with E-state index < -0.39 is 6.04 Å². The van der Waals surface area contributed by atoms with Gasteiger partial charge in [-0.3, -0.25) is 4.79 Å². The van der Waals surface area contributed by atoms with E-state index in [1.807, 2.05) is 36.4 Å². The summed E-state index contributed by atoms with van der Waals surface area (Å²) in [5.41, 5.74) is 6.16. The number of nitrogens with zero attached hydrogens (tertiary/aromatic N) is 5. The summed E-state index contributed by atoms with van der Waals surface area (Å²) in [6.07, 6.45) is 6.51. The highest BCUT2D eigenvalue weighted by atomic mass is 16.5. The molecule has 1 atom stereocenters. The molecule has 0 spiro atoms. The van der Waals surface area contributed by atoms with Gasteiger partial charge in [0.2, 0.25) is 0 Å². The predicted molar refractivity (Wildman–Crippen MR) is 166 cm³/mol. The number of hydrogen-bond acceptors (Lipinski definition) is 7. The van der Waals surface area contributed by atoms with E-state index in [0.717, 1.165) is 41.0 Å². The van der Waals surface area contributed by atoms with Crippen LogP contribution in [0, 0.1) is 0 Å². The molecular formula is C34H36N6O4. The number of phenolic OH excluding ortho intramolecular Hbond substituents is 1. The van der Waals surface area contributed by atoms with E-state index in [0.29, 0.717) is 36.9 Å². The first-order chi connectivity index (χ1) is 21.5. The minimum Gasteiger partial charge on any atom is -0.508 e. The number of aromatic hydroxyl groups is 1. The van der Waals surface area contributed by atoms with E-state index in [-0.39, 0.29) is 11.7 Å². The van der Waals surface area contributed by atoms with Crippen molar-refractivity contribution in [3.05, 3.63) is 83.2 Å². The first-order valence-corrected chi connectivity index (χ1v) is 15.3. The first-order valence-electron chi connectivity index (χ1n) is 15.3. The molecule has 1 amide bonds. The first kappa shape index (κ1) is 27.9. The monoisotopic (exact) mass is 592 g/mol. The summed E-state index contributed by atoms with van der Waals surface area (Å²) in [5, 5.41) is 26.1. The van der Waals surface area contributed by atoms with Crippen LogP contribution in [0.1, 0.15) is 71.4 Å². The lowest BCUT2D eigenvalue weighted by Crippen LogP contribution is -2.32. The third-order valence-electron chi connectivity index (χ3n) is 9.04. The molecule has 0 unspecified atom stereocenters. The Morgan fingerprint density at radius 3 is 2.66 bits per heavy atom. The van der Waals surface area contributed by atoms with Gasteiger partial charge in [0.1, 0.15) is 23.9 Å². The maximum atomic E-state index is 13.9. The van der Waals surface area contributed by atoms with Crippen molar-refractivity contribution in [3.63, 3.8) is 0 Å². The zero-order valence-corrected chi connectivity index (χ0v) is 25.0. The number of carbonyl (C=O) groups is 1. The van der Waals surface area contributed by atoms with Gasteiger partial charge >= 0.3 is 0 Å². The highest BCUT2D eigenvalue weighted by molar-refractivity contribution is 6.01. The molecule has 7 rings (SSSR count). The smallest absolute Gasteiger partial charge is 0.251 e. The third kappa shape index (κ3) is 5.14. The number of methoxy groups -OCH3 is 1. The van der Waals surface area contributed by atoms with Crippen LogP contribution in [0.4, 0.5) is 0 Å². The normalized spacial score (nSPS) is 15.6. The number of phenols is 1. The Labute approximate surface area is 255 Å². The molecule has 10 nitrogen and oxygen atoms in total. The molecule has 1 fully saturated rings. The van der Waals surface area contributed by atoms with Crippen LogP contribution in [0.15, 0.2) is 60.7 Å². The van der Waals surface area contributed by atoms with E-state index >= 15 is 0 Å². The second kappa shape index (κ2) is 11.7. The fourth-order valence-electron chi connectivity index (χ4n) is 6.88. The third-order valence-corrected chi connectivity index (χ3v) is 9.04. The maximum Gasteiger partial charge on any atom is 0.251 e. The van der Waals surface area contributed by atoms with Gasteiger partial charge in [-0.2, -0.15) is 0 Å². The highest BCUT2D eigenvalue weighted by Crippen LogP contribution is 2.47. The Hall–Kier alpha value is -4.86. The Bertz CT molecular complexity index is 1820. The number of amides is 1. The number of carbonyl (C=O) groups excluding carboxylic acids is 1.